The molecule has 1 aliphatic carbocycles. The number of nitrogens with one attached hydrogen (secondary N) is 2. The van der Waals surface area contributed by atoms with Crippen LogP contribution in [-0.4, -0.2) is 31.2 Å². The van der Waals surface area contributed by atoms with Gasteiger partial charge in [-0.1, -0.05) is 42.8 Å². The molecule has 4 rings (SSSR count). The van der Waals surface area contributed by atoms with Crippen LogP contribution in [0.1, 0.15) is 68.7 Å². The zero-order valence-electron chi connectivity index (χ0n) is 18.6. The van der Waals surface area contributed by atoms with Gasteiger partial charge in [-0.15, -0.1) is 0 Å². The Morgan fingerprint density at radius 3 is 2.68 bits per heavy atom. The van der Waals surface area contributed by atoms with E-state index < -0.39 is 4.99 Å². The van der Waals surface area contributed by atoms with Gasteiger partial charge >= 0.3 is 0 Å². The molecule has 7 nitrogen and oxygen atoms in total. The van der Waals surface area contributed by atoms with Crippen molar-refractivity contribution in [1.29, 1.82) is 0 Å². The minimum absolute atomic E-state index is 0.292. The molecule has 2 aromatic heterocycles. The number of anilines is 1. The molecule has 0 radical (unpaired) electrons. The Morgan fingerprint density at radius 1 is 1.19 bits per heavy atom. The average Bonchev–Trinajstić information content (AvgIpc) is 3.11. The molecule has 2 aliphatic rings. The predicted octanol–water partition coefficient (Wildman–Crippen LogP) is 4.53. The van der Waals surface area contributed by atoms with Crippen molar-refractivity contribution in [2.24, 2.45) is 5.73 Å². The maximum Gasteiger partial charge on any atom is 0.188 e. The van der Waals surface area contributed by atoms with Gasteiger partial charge in [-0.25, -0.2) is 15.0 Å². The first kappa shape index (κ1) is 22.4. The Kier molecular flexibility index (Phi) is 6.74. The minimum atomic E-state index is -0.877. The molecule has 31 heavy (non-hydrogen) atoms. The van der Waals surface area contributed by atoms with E-state index in [2.05, 4.69) is 39.4 Å². The molecule has 2 aromatic rings. The largest absolute Gasteiger partial charge is 0.367 e. The lowest BCUT2D eigenvalue weighted by molar-refractivity contribution is 0.515. The van der Waals surface area contributed by atoms with E-state index in [0.29, 0.717) is 11.3 Å². The van der Waals surface area contributed by atoms with Gasteiger partial charge in [0.1, 0.15) is 11.5 Å². The van der Waals surface area contributed by atoms with Gasteiger partial charge in [0.2, 0.25) is 0 Å². The summed E-state index contributed by atoms with van der Waals surface area (Å²) in [6, 6.07) is 2.31. The topological polar surface area (TPSA) is 102 Å². The van der Waals surface area contributed by atoms with Gasteiger partial charge in [-0.2, -0.15) is 0 Å². The number of aromatic nitrogens is 4. The second-order valence-electron chi connectivity index (χ2n) is 8.53. The Bertz CT molecular complexity index is 972. The summed E-state index contributed by atoms with van der Waals surface area (Å²) in [5.74, 6) is 0.756. The molecule has 166 valence electrons. The van der Waals surface area contributed by atoms with Crippen LogP contribution in [-0.2, 0) is 4.99 Å². The van der Waals surface area contributed by atoms with E-state index in [4.69, 9.17) is 10.7 Å². The number of hydrogen-bond donors (Lipinski definition) is 3. The maximum absolute atomic E-state index is 6.71. The van der Waals surface area contributed by atoms with Gasteiger partial charge in [0.25, 0.3) is 0 Å². The quantitative estimate of drug-likeness (QED) is 0.540. The van der Waals surface area contributed by atoms with E-state index in [1.807, 2.05) is 37.9 Å². The molecule has 9 heteroatoms. The van der Waals surface area contributed by atoms with E-state index in [-0.39, 0.29) is 0 Å². The standard InChI is InChI=1S/C22H31N7S2/c1-13(2)26-19-12-24-20(15(4)28-19)22(23)25-11-18(31-22)17-10-14(3)27-21(29-17)30-16-8-6-5-7-9-16/h10-13,16,25H,5-9,23H2,1-4H3,(H,26,28). The summed E-state index contributed by atoms with van der Waals surface area (Å²) in [7, 11) is 0. The van der Waals surface area contributed by atoms with Crippen molar-refractivity contribution in [3.8, 4) is 0 Å². The van der Waals surface area contributed by atoms with Gasteiger partial charge in [0, 0.05) is 23.2 Å². The number of rotatable bonds is 6. The molecule has 1 saturated carbocycles. The van der Waals surface area contributed by atoms with Crippen molar-refractivity contribution in [3.63, 3.8) is 0 Å². The number of nitrogens with zero attached hydrogens (tertiary/aromatic N) is 4. The monoisotopic (exact) mass is 457 g/mol. The van der Waals surface area contributed by atoms with Crippen molar-refractivity contribution in [2.75, 3.05) is 5.32 Å². The highest BCUT2D eigenvalue weighted by Gasteiger charge is 2.37. The van der Waals surface area contributed by atoms with E-state index in [0.717, 1.165) is 38.7 Å². The lowest BCUT2D eigenvalue weighted by atomic mass is 10.0. The van der Waals surface area contributed by atoms with E-state index in [1.165, 1.54) is 43.9 Å². The van der Waals surface area contributed by atoms with Crippen LogP contribution in [0.5, 0.6) is 0 Å². The summed E-state index contributed by atoms with van der Waals surface area (Å²) in [6.45, 7) is 8.11. The van der Waals surface area contributed by atoms with Crippen molar-refractivity contribution in [2.45, 2.75) is 81.2 Å². The second-order valence-corrected chi connectivity index (χ2v) is 11.1. The summed E-state index contributed by atoms with van der Waals surface area (Å²) in [6.07, 6.45) is 10.1. The van der Waals surface area contributed by atoms with Gasteiger partial charge in [0.05, 0.1) is 22.5 Å². The Labute approximate surface area is 192 Å². The summed E-state index contributed by atoms with van der Waals surface area (Å²) in [5.41, 5.74) is 10.1. The summed E-state index contributed by atoms with van der Waals surface area (Å²) < 4.78 is 0. The maximum atomic E-state index is 6.71. The summed E-state index contributed by atoms with van der Waals surface area (Å²) in [5, 5.41) is 8.07. The first-order valence-electron chi connectivity index (χ1n) is 10.9. The zero-order valence-corrected chi connectivity index (χ0v) is 20.2. The third kappa shape index (κ3) is 5.32. The molecule has 0 amide bonds. The fraction of sp³-hybridized carbons (Fsp3) is 0.545. The van der Waals surface area contributed by atoms with E-state index in [9.17, 15) is 0 Å². The van der Waals surface area contributed by atoms with E-state index in [1.54, 1.807) is 6.20 Å². The molecule has 1 unspecified atom stereocenters. The van der Waals surface area contributed by atoms with Crippen LogP contribution in [0.2, 0.25) is 0 Å². The van der Waals surface area contributed by atoms with Crippen LogP contribution < -0.4 is 16.4 Å². The fourth-order valence-electron chi connectivity index (χ4n) is 3.91. The molecule has 1 aliphatic heterocycles. The molecule has 0 saturated heterocycles. The van der Waals surface area contributed by atoms with Crippen molar-refractivity contribution >= 4 is 34.2 Å². The van der Waals surface area contributed by atoms with Crippen LogP contribution in [0.3, 0.4) is 0 Å². The Balaban J connectivity index is 1.51. The molecule has 1 atom stereocenters. The Hall–Kier alpha value is -1.84. The lowest BCUT2D eigenvalue weighted by Crippen LogP contribution is -2.43. The molecular formula is C22H31N7S2. The Morgan fingerprint density at radius 2 is 1.97 bits per heavy atom. The average molecular weight is 458 g/mol. The van der Waals surface area contributed by atoms with Gasteiger partial charge in [-0.3, -0.25) is 10.7 Å². The normalized spacial score (nSPS) is 21.8. The zero-order chi connectivity index (χ0) is 22.0. The molecule has 0 aromatic carbocycles. The van der Waals surface area contributed by atoms with Gasteiger partial charge in [0.15, 0.2) is 10.2 Å². The number of nitrogens with two attached hydrogens (primary N) is 1. The van der Waals surface area contributed by atoms with E-state index >= 15 is 0 Å². The van der Waals surface area contributed by atoms with Crippen LogP contribution in [0.25, 0.3) is 4.91 Å². The van der Waals surface area contributed by atoms with Gasteiger partial charge < -0.3 is 10.6 Å². The molecule has 3 heterocycles. The summed E-state index contributed by atoms with van der Waals surface area (Å²) in [4.78, 5) is 18.9. The highest BCUT2D eigenvalue weighted by atomic mass is 32.2. The second kappa shape index (κ2) is 9.34. The first-order valence-corrected chi connectivity index (χ1v) is 12.6. The van der Waals surface area contributed by atoms with Crippen LogP contribution in [0.15, 0.2) is 23.6 Å². The van der Waals surface area contributed by atoms with Crippen molar-refractivity contribution in [1.82, 2.24) is 25.3 Å². The lowest BCUT2D eigenvalue weighted by Gasteiger charge is -2.25. The molecule has 0 bridgehead atoms. The number of hydrogen-bond acceptors (Lipinski definition) is 9. The van der Waals surface area contributed by atoms with Crippen LogP contribution >= 0.6 is 23.5 Å². The van der Waals surface area contributed by atoms with Crippen LogP contribution in [0, 0.1) is 13.8 Å². The minimum Gasteiger partial charge on any atom is -0.367 e. The third-order valence-corrected chi connectivity index (χ3v) is 7.71. The molecule has 4 N–H and O–H groups in total. The highest BCUT2D eigenvalue weighted by Crippen LogP contribution is 2.44. The number of thioether (sulfide) groups is 2. The van der Waals surface area contributed by atoms with Crippen molar-refractivity contribution < 1.29 is 0 Å². The van der Waals surface area contributed by atoms with Crippen molar-refractivity contribution in [3.05, 3.63) is 41.2 Å². The molecule has 1 fully saturated rings. The molecular weight excluding hydrogens is 426 g/mol. The fourth-order valence-corrected chi connectivity index (χ4v) is 6.22. The SMILES string of the molecule is Cc1cc(C2=CNC(N)(c3ncc(NC(C)C)nc3C)S2)nc(SC2CCCCC2)n1. The number of aryl methyl sites for hydroxylation is 2. The third-order valence-electron chi connectivity index (χ3n) is 5.33. The van der Waals surface area contributed by atoms with Crippen LogP contribution in [0.4, 0.5) is 5.82 Å². The first-order chi connectivity index (χ1) is 14.8. The van der Waals surface area contributed by atoms with Gasteiger partial charge in [-0.05, 0) is 46.6 Å². The predicted molar refractivity (Wildman–Crippen MR) is 130 cm³/mol. The molecule has 0 spiro atoms. The highest BCUT2D eigenvalue weighted by molar-refractivity contribution is 8.09. The smallest absolute Gasteiger partial charge is 0.188 e. The summed E-state index contributed by atoms with van der Waals surface area (Å²) >= 11 is 3.34.